The van der Waals surface area contributed by atoms with Gasteiger partial charge in [0.2, 0.25) is 5.91 Å². The van der Waals surface area contributed by atoms with E-state index in [1.807, 2.05) is 47.1 Å². The summed E-state index contributed by atoms with van der Waals surface area (Å²) in [4.78, 5) is 43.2. The molecular weight excluding hydrogens is 430 g/mol. The van der Waals surface area contributed by atoms with Gasteiger partial charge in [-0.2, -0.15) is 0 Å². The average molecular weight is 464 g/mol. The number of ether oxygens (including phenoxy) is 1. The molecule has 0 radical (unpaired) electrons. The van der Waals surface area contributed by atoms with E-state index in [-0.39, 0.29) is 23.6 Å². The Morgan fingerprint density at radius 1 is 0.941 bits per heavy atom. The average Bonchev–Trinajstić information content (AvgIpc) is 3.41. The molecule has 0 spiro atoms. The number of nitrogens with zero attached hydrogens (tertiary/aromatic N) is 2. The number of carbonyl (C=O) groups is 3. The van der Waals surface area contributed by atoms with E-state index in [9.17, 15) is 14.4 Å². The van der Waals surface area contributed by atoms with Gasteiger partial charge in [-0.1, -0.05) is 29.8 Å². The first-order valence-electron chi connectivity index (χ1n) is 12.1. The van der Waals surface area contributed by atoms with E-state index in [2.05, 4.69) is 5.32 Å². The van der Waals surface area contributed by atoms with E-state index in [4.69, 9.17) is 4.74 Å². The smallest absolute Gasteiger partial charge is 0.257 e. The van der Waals surface area contributed by atoms with Gasteiger partial charge in [0.15, 0.2) is 0 Å². The minimum absolute atomic E-state index is 0.00647. The third-order valence-electron chi connectivity index (χ3n) is 6.89. The lowest BCUT2D eigenvalue weighted by atomic mass is 9.88. The Balaban J connectivity index is 1.47. The van der Waals surface area contributed by atoms with Crippen LogP contribution in [0.3, 0.4) is 0 Å². The highest BCUT2D eigenvalue weighted by Gasteiger charge is 2.37. The maximum absolute atomic E-state index is 13.4. The van der Waals surface area contributed by atoms with Crippen molar-refractivity contribution < 1.29 is 19.1 Å². The molecule has 2 fully saturated rings. The van der Waals surface area contributed by atoms with Crippen LogP contribution in [-0.2, 0) is 4.79 Å². The van der Waals surface area contributed by atoms with E-state index >= 15 is 0 Å². The van der Waals surface area contributed by atoms with E-state index in [0.29, 0.717) is 42.8 Å². The predicted molar refractivity (Wildman–Crippen MR) is 130 cm³/mol. The van der Waals surface area contributed by atoms with Gasteiger partial charge in [0.1, 0.15) is 11.8 Å². The van der Waals surface area contributed by atoms with Gasteiger partial charge in [0, 0.05) is 31.7 Å². The molecule has 0 aromatic heterocycles. The normalized spacial score (nSPS) is 17.4. The SMILES string of the molecule is COc1ccccc1C(=O)N1CCC([C@@H](NC(=O)c2cccc(C)c2)C(=O)N2CCCC2)CC1. The molecule has 0 saturated carbocycles. The highest BCUT2D eigenvalue weighted by molar-refractivity contribution is 5.98. The van der Waals surface area contributed by atoms with Crippen LogP contribution in [0.1, 0.15) is 52.0 Å². The number of hydrogen-bond acceptors (Lipinski definition) is 4. The third kappa shape index (κ3) is 5.24. The third-order valence-corrected chi connectivity index (χ3v) is 6.89. The molecule has 180 valence electrons. The monoisotopic (exact) mass is 463 g/mol. The number of methoxy groups -OCH3 is 1. The van der Waals surface area contributed by atoms with Crippen LogP contribution in [-0.4, -0.2) is 66.9 Å². The lowest BCUT2D eigenvalue weighted by Gasteiger charge is -2.37. The fourth-order valence-corrected chi connectivity index (χ4v) is 4.95. The predicted octanol–water partition coefficient (Wildman–Crippen LogP) is 3.28. The number of nitrogens with one attached hydrogen (secondary N) is 1. The molecule has 7 nitrogen and oxygen atoms in total. The Kier molecular flexibility index (Phi) is 7.50. The summed E-state index contributed by atoms with van der Waals surface area (Å²) in [5, 5.41) is 3.05. The molecule has 0 unspecified atom stereocenters. The minimum atomic E-state index is -0.588. The molecule has 0 bridgehead atoms. The van der Waals surface area contributed by atoms with Crippen molar-refractivity contribution in [3.8, 4) is 5.75 Å². The van der Waals surface area contributed by atoms with Gasteiger partial charge in [-0.3, -0.25) is 14.4 Å². The van der Waals surface area contributed by atoms with Crippen molar-refractivity contribution in [3.05, 3.63) is 65.2 Å². The molecule has 2 aromatic carbocycles. The summed E-state index contributed by atoms with van der Waals surface area (Å²) in [6.45, 7) is 4.48. The van der Waals surface area contributed by atoms with Crippen LogP contribution >= 0.6 is 0 Å². The van der Waals surface area contributed by atoms with Crippen molar-refractivity contribution in [1.82, 2.24) is 15.1 Å². The summed E-state index contributed by atoms with van der Waals surface area (Å²) in [5.41, 5.74) is 2.10. The molecule has 2 aromatic rings. The van der Waals surface area contributed by atoms with E-state index in [0.717, 1.165) is 31.5 Å². The van der Waals surface area contributed by atoms with E-state index < -0.39 is 6.04 Å². The summed E-state index contributed by atoms with van der Waals surface area (Å²) in [6.07, 6.45) is 3.30. The molecule has 1 atom stereocenters. The highest BCUT2D eigenvalue weighted by Crippen LogP contribution is 2.27. The summed E-state index contributed by atoms with van der Waals surface area (Å²) >= 11 is 0. The zero-order chi connectivity index (χ0) is 24.1. The lowest BCUT2D eigenvalue weighted by Crippen LogP contribution is -2.54. The molecule has 7 heteroatoms. The van der Waals surface area contributed by atoms with Gasteiger partial charge in [-0.25, -0.2) is 0 Å². The fraction of sp³-hybridized carbons (Fsp3) is 0.444. The zero-order valence-corrected chi connectivity index (χ0v) is 20.0. The standard InChI is InChI=1S/C27H33N3O4/c1-19-8-7-9-21(18-19)25(31)28-24(27(33)29-14-5-6-15-29)20-12-16-30(17-13-20)26(32)22-10-3-4-11-23(22)34-2/h3-4,7-11,18,20,24H,5-6,12-17H2,1-2H3,(H,28,31)/t24-/m1/s1. The number of carbonyl (C=O) groups excluding carboxylic acids is 3. The molecule has 2 heterocycles. The Morgan fingerprint density at radius 2 is 1.65 bits per heavy atom. The first-order valence-corrected chi connectivity index (χ1v) is 12.1. The summed E-state index contributed by atoms with van der Waals surface area (Å²) < 4.78 is 5.35. The number of piperidine rings is 1. The maximum Gasteiger partial charge on any atom is 0.257 e. The van der Waals surface area contributed by atoms with Crippen molar-refractivity contribution in [1.29, 1.82) is 0 Å². The number of likely N-dealkylation sites (tertiary alicyclic amines) is 2. The van der Waals surface area contributed by atoms with Crippen LogP contribution in [0, 0.1) is 12.8 Å². The van der Waals surface area contributed by atoms with Crippen molar-refractivity contribution in [2.75, 3.05) is 33.3 Å². The molecule has 3 amide bonds. The van der Waals surface area contributed by atoms with Crippen LogP contribution in [0.2, 0.25) is 0 Å². The lowest BCUT2D eigenvalue weighted by molar-refractivity contribution is -0.134. The van der Waals surface area contributed by atoms with Crippen molar-refractivity contribution in [2.24, 2.45) is 5.92 Å². The van der Waals surface area contributed by atoms with Gasteiger partial charge in [0.05, 0.1) is 12.7 Å². The zero-order valence-electron chi connectivity index (χ0n) is 20.0. The number of para-hydroxylation sites is 1. The van der Waals surface area contributed by atoms with E-state index in [1.165, 1.54) is 0 Å². The molecule has 2 saturated heterocycles. The molecule has 4 rings (SSSR count). The van der Waals surface area contributed by atoms with Crippen LogP contribution in [0.15, 0.2) is 48.5 Å². The minimum Gasteiger partial charge on any atom is -0.496 e. The second-order valence-corrected chi connectivity index (χ2v) is 9.18. The number of aryl methyl sites for hydroxylation is 1. The number of rotatable bonds is 6. The Hall–Kier alpha value is -3.35. The van der Waals surface area contributed by atoms with Gasteiger partial charge in [-0.05, 0) is 62.8 Å². The first-order chi connectivity index (χ1) is 16.5. The van der Waals surface area contributed by atoms with Gasteiger partial charge in [0.25, 0.3) is 11.8 Å². The number of hydrogen-bond donors (Lipinski definition) is 1. The van der Waals surface area contributed by atoms with E-state index in [1.54, 1.807) is 25.3 Å². The summed E-state index contributed by atoms with van der Waals surface area (Å²) in [5.74, 6) is 0.231. The topological polar surface area (TPSA) is 79.0 Å². The fourth-order valence-electron chi connectivity index (χ4n) is 4.95. The van der Waals surface area contributed by atoms with Crippen LogP contribution in [0.5, 0.6) is 5.75 Å². The quantitative estimate of drug-likeness (QED) is 0.713. The van der Waals surface area contributed by atoms with Crippen LogP contribution < -0.4 is 10.1 Å². The molecular formula is C27H33N3O4. The summed E-state index contributed by atoms with van der Waals surface area (Å²) in [7, 11) is 1.56. The van der Waals surface area contributed by atoms with Crippen LogP contribution in [0.25, 0.3) is 0 Å². The molecule has 2 aliphatic rings. The molecule has 34 heavy (non-hydrogen) atoms. The Labute approximate surface area is 201 Å². The first kappa shape index (κ1) is 23.8. The largest absolute Gasteiger partial charge is 0.496 e. The van der Waals surface area contributed by atoms with Crippen molar-refractivity contribution >= 4 is 17.7 Å². The number of benzene rings is 2. The maximum atomic E-state index is 13.4. The molecule has 2 aliphatic heterocycles. The molecule has 0 aliphatic carbocycles. The second kappa shape index (κ2) is 10.7. The Morgan fingerprint density at radius 3 is 2.32 bits per heavy atom. The van der Waals surface area contributed by atoms with Crippen LogP contribution in [0.4, 0.5) is 0 Å². The van der Waals surface area contributed by atoms with Gasteiger partial charge >= 0.3 is 0 Å². The second-order valence-electron chi connectivity index (χ2n) is 9.18. The van der Waals surface area contributed by atoms with Crippen molar-refractivity contribution in [2.45, 2.75) is 38.6 Å². The highest BCUT2D eigenvalue weighted by atomic mass is 16.5. The van der Waals surface area contributed by atoms with Gasteiger partial charge < -0.3 is 19.9 Å². The Bertz CT molecular complexity index is 1040. The number of amides is 3. The van der Waals surface area contributed by atoms with Crippen molar-refractivity contribution in [3.63, 3.8) is 0 Å². The summed E-state index contributed by atoms with van der Waals surface area (Å²) in [6, 6.07) is 14.0. The molecule has 1 N–H and O–H groups in total. The van der Waals surface area contributed by atoms with Gasteiger partial charge in [-0.15, -0.1) is 0 Å².